The maximum Gasteiger partial charge on any atom is 0.326 e. The number of rotatable bonds is 3. The van der Waals surface area contributed by atoms with Crippen LogP contribution in [0.2, 0.25) is 0 Å². The average molecular weight is 404 g/mol. The van der Waals surface area contributed by atoms with E-state index in [-0.39, 0.29) is 17.6 Å². The largest absolute Gasteiger partial charge is 0.425 e. The highest BCUT2D eigenvalue weighted by atomic mass is 16.5. The molecule has 0 amide bonds. The van der Waals surface area contributed by atoms with Crippen LogP contribution in [0, 0.1) is 5.41 Å². The molecule has 4 aromatic rings. The second-order valence-electron chi connectivity index (χ2n) is 8.45. The van der Waals surface area contributed by atoms with Crippen LogP contribution in [0.4, 0.5) is 0 Å². The van der Waals surface area contributed by atoms with Gasteiger partial charge in [-0.05, 0) is 34.7 Å². The lowest BCUT2D eigenvalue weighted by Crippen LogP contribution is -2.59. The van der Waals surface area contributed by atoms with Gasteiger partial charge in [0, 0.05) is 17.0 Å². The number of esters is 1. The Balaban J connectivity index is 1.60. The first-order valence-electron chi connectivity index (χ1n) is 10.6. The third-order valence-corrected chi connectivity index (χ3v) is 6.95. The molecule has 0 N–H and O–H groups in total. The molecule has 0 unspecified atom stereocenters. The number of fused-ring (bicyclic) bond motifs is 5. The van der Waals surface area contributed by atoms with E-state index in [1.807, 2.05) is 60.7 Å². The van der Waals surface area contributed by atoms with Crippen molar-refractivity contribution in [3.8, 4) is 5.75 Å². The van der Waals surface area contributed by atoms with Gasteiger partial charge < -0.3 is 4.74 Å². The Morgan fingerprint density at radius 2 is 1.48 bits per heavy atom. The van der Waals surface area contributed by atoms with Gasteiger partial charge in [0.1, 0.15) is 11.2 Å². The van der Waals surface area contributed by atoms with Crippen LogP contribution in [0.1, 0.15) is 39.7 Å². The fourth-order valence-electron chi connectivity index (χ4n) is 5.49. The lowest BCUT2D eigenvalue weighted by atomic mass is 9.46. The number of hydrogen-bond donors (Lipinski definition) is 0. The number of carbonyl (C=O) groups is 2. The molecule has 3 nitrogen and oxygen atoms in total. The summed E-state index contributed by atoms with van der Waals surface area (Å²) in [6, 6.07) is 31.3. The smallest absolute Gasteiger partial charge is 0.326 e. The molecule has 3 heteroatoms. The number of Topliss-reactive ketones (excluding diaryl/α,β-unsaturated/α-hetero) is 1. The average Bonchev–Trinajstić information content (AvgIpc) is 2.81. The molecule has 0 spiro atoms. The van der Waals surface area contributed by atoms with Gasteiger partial charge in [-0.3, -0.25) is 9.59 Å². The second kappa shape index (κ2) is 6.64. The van der Waals surface area contributed by atoms with Gasteiger partial charge in [0.25, 0.3) is 0 Å². The van der Waals surface area contributed by atoms with Crippen LogP contribution in [-0.4, -0.2) is 11.8 Å². The first-order valence-corrected chi connectivity index (χ1v) is 10.6. The zero-order valence-corrected chi connectivity index (χ0v) is 16.8. The molecule has 1 aliphatic carbocycles. The quantitative estimate of drug-likeness (QED) is 0.185. The van der Waals surface area contributed by atoms with Gasteiger partial charge in [0.15, 0.2) is 5.78 Å². The van der Waals surface area contributed by atoms with Crippen molar-refractivity contribution in [1.29, 1.82) is 0 Å². The first kappa shape index (κ1) is 18.1. The molecule has 2 aliphatic rings. The zero-order chi connectivity index (χ0) is 21.0. The summed E-state index contributed by atoms with van der Waals surface area (Å²) >= 11 is 0. The third-order valence-electron chi connectivity index (χ3n) is 6.95. The normalized spacial score (nSPS) is 23.9. The minimum Gasteiger partial charge on any atom is -0.425 e. The van der Waals surface area contributed by atoms with Crippen molar-refractivity contribution in [2.75, 3.05) is 0 Å². The van der Waals surface area contributed by atoms with Gasteiger partial charge in [0.05, 0.1) is 0 Å². The van der Waals surface area contributed by atoms with Crippen LogP contribution in [0.5, 0.6) is 5.75 Å². The highest BCUT2D eigenvalue weighted by molar-refractivity contribution is 6.16. The first-order chi connectivity index (χ1) is 15.2. The van der Waals surface area contributed by atoms with E-state index in [0.717, 1.165) is 21.9 Å². The maximum atomic E-state index is 13.8. The minimum atomic E-state index is -1.20. The van der Waals surface area contributed by atoms with Crippen molar-refractivity contribution in [1.82, 2.24) is 0 Å². The Hall–Kier alpha value is -3.72. The maximum absolute atomic E-state index is 13.8. The molecule has 6 rings (SSSR count). The predicted molar refractivity (Wildman–Crippen MR) is 119 cm³/mol. The molecule has 0 saturated heterocycles. The Morgan fingerprint density at radius 3 is 2.26 bits per heavy atom. The van der Waals surface area contributed by atoms with Crippen molar-refractivity contribution < 1.29 is 14.3 Å². The summed E-state index contributed by atoms with van der Waals surface area (Å²) in [4.78, 5) is 27.2. The van der Waals surface area contributed by atoms with E-state index in [4.69, 9.17) is 4.74 Å². The van der Waals surface area contributed by atoms with Crippen molar-refractivity contribution in [3.05, 3.63) is 114 Å². The predicted octanol–water partition coefficient (Wildman–Crippen LogP) is 5.90. The molecular weight excluding hydrogens is 384 g/mol. The lowest BCUT2D eigenvalue weighted by molar-refractivity contribution is -0.152. The van der Waals surface area contributed by atoms with Crippen LogP contribution in [0.15, 0.2) is 97.1 Å². The lowest BCUT2D eigenvalue weighted by Gasteiger charge is -2.55. The highest BCUT2D eigenvalue weighted by Crippen LogP contribution is 2.67. The van der Waals surface area contributed by atoms with E-state index in [0.29, 0.717) is 17.7 Å². The molecule has 1 heterocycles. The summed E-state index contributed by atoms with van der Waals surface area (Å²) in [7, 11) is 0. The van der Waals surface area contributed by atoms with E-state index in [1.165, 1.54) is 0 Å². The molecule has 31 heavy (non-hydrogen) atoms. The summed E-state index contributed by atoms with van der Waals surface area (Å²) < 4.78 is 5.84. The topological polar surface area (TPSA) is 43.4 Å². The Labute approximate surface area is 180 Å². The Kier molecular flexibility index (Phi) is 3.87. The molecular formula is C28H20O3. The molecule has 0 radical (unpaired) electrons. The van der Waals surface area contributed by atoms with E-state index in [9.17, 15) is 9.59 Å². The van der Waals surface area contributed by atoms with Crippen LogP contribution in [0.25, 0.3) is 10.8 Å². The molecule has 4 aromatic carbocycles. The van der Waals surface area contributed by atoms with E-state index in [1.54, 1.807) is 12.1 Å². The standard InChI is InChI=1S/C28H20O3/c29-26(20-12-5-2-6-13-20)28-17-22(18-9-3-1-4-10-18)25(28)24-21-14-8-7-11-19(21)15-16-23(24)31-27(28)30/h1-16,22,25H,17H2/t22-,25+,28+/m0/s1. The van der Waals surface area contributed by atoms with E-state index >= 15 is 0 Å². The fourth-order valence-corrected chi connectivity index (χ4v) is 5.49. The summed E-state index contributed by atoms with van der Waals surface area (Å²) in [5.74, 6) is -0.183. The number of ketones is 1. The summed E-state index contributed by atoms with van der Waals surface area (Å²) in [6.45, 7) is 0. The summed E-state index contributed by atoms with van der Waals surface area (Å²) in [5.41, 5.74) is 1.48. The molecule has 150 valence electrons. The SMILES string of the molecule is O=C1Oc2ccc3ccccc3c2[C@H]2[C@H](c3ccccc3)C[C@@]12C(=O)c1ccccc1. The number of hydrogen-bond acceptors (Lipinski definition) is 3. The monoisotopic (exact) mass is 404 g/mol. The van der Waals surface area contributed by atoms with E-state index in [2.05, 4.69) is 24.3 Å². The minimum absolute atomic E-state index is 0.0752. The third kappa shape index (κ3) is 2.46. The van der Waals surface area contributed by atoms with Crippen molar-refractivity contribution >= 4 is 22.5 Å². The van der Waals surface area contributed by atoms with Crippen molar-refractivity contribution in [2.24, 2.45) is 5.41 Å². The molecule has 0 aromatic heterocycles. The molecule has 1 fully saturated rings. The highest BCUT2D eigenvalue weighted by Gasteiger charge is 2.67. The van der Waals surface area contributed by atoms with Crippen molar-refractivity contribution in [2.45, 2.75) is 18.3 Å². The van der Waals surface area contributed by atoms with Crippen LogP contribution in [0.3, 0.4) is 0 Å². The van der Waals surface area contributed by atoms with E-state index < -0.39 is 11.4 Å². The molecule has 3 atom stereocenters. The summed E-state index contributed by atoms with van der Waals surface area (Å²) in [6.07, 6.45) is 0.455. The Morgan fingerprint density at radius 1 is 0.806 bits per heavy atom. The summed E-state index contributed by atoms with van der Waals surface area (Å²) in [5, 5.41) is 2.13. The van der Waals surface area contributed by atoms with Gasteiger partial charge in [0.2, 0.25) is 0 Å². The van der Waals surface area contributed by atoms with Gasteiger partial charge in [-0.25, -0.2) is 0 Å². The van der Waals surface area contributed by atoms with Crippen LogP contribution < -0.4 is 4.74 Å². The molecule has 1 saturated carbocycles. The van der Waals surface area contributed by atoms with Gasteiger partial charge >= 0.3 is 5.97 Å². The number of benzene rings is 4. The fraction of sp³-hybridized carbons (Fsp3) is 0.143. The van der Waals surface area contributed by atoms with Gasteiger partial charge in [-0.2, -0.15) is 0 Å². The number of carbonyl (C=O) groups excluding carboxylic acids is 2. The van der Waals surface area contributed by atoms with Gasteiger partial charge in [-0.15, -0.1) is 0 Å². The number of ether oxygens (including phenoxy) is 1. The molecule has 0 bridgehead atoms. The van der Waals surface area contributed by atoms with Crippen LogP contribution in [-0.2, 0) is 4.79 Å². The van der Waals surface area contributed by atoms with Gasteiger partial charge in [-0.1, -0.05) is 91.0 Å². The van der Waals surface area contributed by atoms with Crippen molar-refractivity contribution in [3.63, 3.8) is 0 Å². The van der Waals surface area contributed by atoms with Crippen LogP contribution >= 0.6 is 0 Å². The zero-order valence-electron chi connectivity index (χ0n) is 16.8. The molecule has 1 aliphatic heterocycles. The second-order valence-corrected chi connectivity index (χ2v) is 8.45. The Bertz CT molecular complexity index is 1330.